The second kappa shape index (κ2) is 9.60. The van der Waals surface area contributed by atoms with Crippen molar-refractivity contribution in [3.05, 3.63) is 84.7 Å². The zero-order valence-electron chi connectivity index (χ0n) is 17.4. The topological polar surface area (TPSA) is 69.7 Å². The average molecular weight is 454 g/mol. The van der Waals surface area contributed by atoms with Gasteiger partial charge in [0, 0.05) is 37.4 Å². The largest absolute Gasteiger partial charge is 0.324 e. The molecule has 1 heterocycles. The van der Waals surface area contributed by atoms with E-state index >= 15 is 0 Å². The van der Waals surface area contributed by atoms with E-state index < -0.39 is 15.8 Å². The van der Waals surface area contributed by atoms with E-state index in [4.69, 9.17) is 0 Å². The first-order valence-corrected chi connectivity index (χ1v) is 11.8. The predicted octanol–water partition coefficient (Wildman–Crippen LogP) is 3.44. The highest BCUT2D eigenvalue weighted by Crippen LogP contribution is 2.27. The highest BCUT2D eigenvalue weighted by atomic mass is 32.2. The fourth-order valence-electron chi connectivity index (χ4n) is 3.78. The van der Waals surface area contributed by atoms with Crippen molar-refractivity contribution in [3.8, 4) is 11.1 Å². The summed E-state index contributed by atoms with van der Waals surface area (Å²) in [6.45, 7) is 1.33. The number of amides is 1. The number of benzene rings is 3. The first-order valence-electron chi connectivity index (χ1n) is 10.4. The molecule has 0 radical (unpaired) electrons. The SMILES string of the molecule is O=C(CN1CCN(S(=O)(=O)c2ccccc2F)CC1)Nc1ccccc1-c1ccccc1. The van der Waals surface area contributed by atoms with Crippen LogP contribution in [0.2, 0.25) is 0 Å². The van der Waals surface area contributed by atoms with Gasteiger partial charge >= 0.3 is 0 Å². The standard InChI is InChI=1S/C24H24FN3O3S/c25-21-11-5-7-13-23(21)32(30,31)28-16-14-27(15-17-28)18-24(29)26-22-12-6-4-10-20(22)19-8-2-1-3-9-19/h1-13H,14-18H2,(H,26,29). The summed E-state index contributed by atoms with van der Waals surface area (Å²) in [4.78, 5) is 14.3. The number of rotatable bonds is 6. The summed E-state index contributed by atoms with van der Waals surface area (Å²) in [5.41, 5.74) is 2.67. The number of hydrogen-bond acceptors (Lipinski definition) is 4. The molecule has 3 aromatic rings. The van der Waals surface area contributed by atoms with Crippen molar-refractivity contribution in [3.63, 3.8) is 0 Å². The molecule has 1 amide bonds. The minimum absolute atomic E-state index is 0.150. The Balaban J connectivity index is 1.37. The third-order valence-electron chi connectivity index (χ3n) is 5.44. The summed E-state index contributed by atoms with van der Waals surface area (Å²) >= 11 is 0. The number of para-hydroxylation sites is 1. The summed E-state index contributed by atoms with van der Waals surface area (Å²) in [5, 5.41) is 2.97. The number of piperazine rings is 1. The fourth-order valence-corrected chi connectivity index (χ4v) is 5.26. The van der Waals surface area contributed by atoms with Crippen molar-refractivity contribution in [1.82, 2.24) is 9.21 Å². The highest BCUT2D eigenvalue weighted by molar-refractivity contribution is 7.89. The van der Waals surface area contributed by atoms with Crippen LogP contribution in [0.4, 0.5) is 10.1 Å². The van der Waals surface area contributed by atoms with Crippen molar-refractivity contribution in [2.24, 2.45) is 0 Å². The van der Waals surface area contributed by atoms with Crippen LogP contribution in [0.5, 0.6) is 0 Å². The lowest BCUT2D eigenvalue weighted by atomic mass is 10.0. The molecule has 0 bridgehead atoms. The first-order chi connectivity index (χ1) is 15.4. The molecule has 0 aromatic heterocycles. The van der Waals surface area contributed by atoms with Crippen LogP contribution in [0.1, 0.15) is 0 Å². The molecule has 166 valence electrons. The average Bonchev–Trinajstić information content (AvgIpc) is 2.80. The lowest BCUT2D eigenvalue weighted by Gasteiger charge is -2.33. The number of sulfonamides is 1. The molecule has 1 saturated heterocycles. The molecule has 0 atom stereocenters. The third kappa shape index (κ3) is 4.88. The second-order valence-corrected chi connectivity index (χ2v) is 9.48. The van der Waals surface area contributed by atoms with Gasteiger partial charge in [0.2, 0.25) is 15.9 Å². The zero-order valence-corrected chi connectivity index (χ0v) is 18.3. The van der Waals surface area contributed by atoms with Crippen LogP contribution in [-0.2, 0) is 14.8 Å². The van der Waals surface area contributed by atoms with Crippen molar-refractivity contribution in [2.75, 3.05) is 38.0 Å². The fraction of sp³-hybridized carbons (Fsp3) is 0.208. The summed E-state index contributed by atoms with van der Waals surface area (Å²) in [6, 6.07) is 22.8. The van der Waals surface area contributed by atoms with E-state index in [1.54, 1.807) is 0 Å². The molecule has 8 heteroatoms. The van der Waals surface area contributed by atoms with E-state index in [2.05, 4.69) is 5.32 Å². The number of nitrogens with zero attached hydrogens (tertiary/aromatic N) is 2. The minimum atomic E-state index is -3.90. The number of carbonyl (C=O) groups is 1. The van der Waals surface area contributed by atoms with Gasteiger partial charge in [0.05, 0.1) is 6.54 Å². The molecule has 3 aromatic carbocycles. The Morgan fingerprint density at radius 3 is 2.19 bits per heavy atom. The Hall–Kier alpha value is -3.07. The van der Waals surface area contributed by atoms with Gasteiger partial charge in [-0.2, -0.15) is 4.31 Å². The van der Waals surface area contributed by atoms with Crippen LogP contribution in [0.25, 0.3) is 11.1 Å². The van der Waals surface area contributed by atoms with Gasteiger partial charge in [0.1, 0.15) is 10.7 Å². The molecule has 0 unspecified atom stereocenters. The molecule has 32 heavy (non-hydrogen) atoms. The first kappa shape index (κ1) is 22.1. The lowest BCUT2D eigenvalue weighted by molar-refractivity contribution is -0.117. The van der Waals surface area contributed by atoms with Crippen molar-refractivity contribution in [1.29, 1.82) is 0 Å². The van der Waals surface area contributed by atoms with E-state index in [9.17, 15) is 17.6 Å². The predicted molar refractivity (Wildman–Crippen MR) is 122 cm³/mol. The molecule has 0 saturated carbocycles. The van der Waals surface area contributed by atoms with E-state index in [-0.39, 0.29) is 30.4 Å². The van der Waals surface area contributed by atoms with Crippen LogP contribution < -0.4 is 5.32 Å². The highest BCUT2D eigenvalue weighted by Gasteiger charge is 2.30. The van der Waals surface area contributed by atoms with Gasteiger partial charge in [-0.1, -0.05) is 60.7 Å². The molecule has 1 aliphatic heterocycles. The maximum Gasteiger partial charge on any atom is 0.246 e. The Morgan fingerprint density at radius 1 is 0.844 bits per heavy atom. The van der Waals surface area contributed by atoms with Crippen molar-refractivity contribution in [2.45, 2.75) is 4.90 Å². The quantitative estimate of drug-likeness (QED) is 0.621. The van der Waals surface area contributed by atoms with Crippen molar-refractivity contribution >= 4 is 21.6 Å². The molecular weight excluding hydrogens is 429 g/mol. The third-order valence-corrected chi connectivity index (χ3v) is 7.37. The van der Waals surface area contributed by atoms with Crippen molar-refractivity contribution < 1.29 is 17.6 Å². The van der Waals surface area contributed by atoms with Gasteiger partial charge < -0.3 is 5.32 Å². The van der Waals surface area contributed by atoms with Gasteiger partial charge in [-0.25, -0.2) is 12.8 Å². The Morgan fingerprint density at radius 2 is 1.47 bits per heavy atom. The maximum atomic E-state index is 14.0. The van der Waals surface area contributed by atoms with Gasteiger partial charge in [-0.3, -0.25) is 9.69 Å². The van der Waals surface area contributed by atoms with E-state index in [1.807, 2.05) is 59.5 Å². The number of halogens is 1. The Kier molecular flexibility index (Phi) is 6.64. The van der Waals surface area contributed by atoms with Crippen LogP contribution in [0.15, 0.2) is 83.8 Å². The Labute approximate surface area is 187 Å². The summed E-state index contributed by atoms with van der Waals surface area (Å²) in [5.74, 6) is -0.926. The number of anilines is 1. The van der Waals surface area contributed by atoms with E-state index in [1.165, 1.54) is 22.5 Å². The molecule has 1 N–H and O–H groups in total. The molecule has 0 spiro atoms. The molecular formula is C24H24FN3O3S. The van der Waals surface area contributed by atoms with Gasteiger partial charge in [-0.05, 0) is 23.8 Å². The minimum Gasteiger partial charge on any atom is -0.324 e. The van der Waals surface area contributed by atoms with Gasteiger partial charge in [-0.15, -0.1) is 0 Å². The summed E-state index contributed by atoms with van der Waals surface area (Å²) < 4.78 is 40.7. The monoisotopic (exact) mass is 453 g/mol. The number of nitrogens with one attached hydrogen (secondary N) is 1. The summed E-state index contributed by atoms with van der Waals surface area (Å²) in [7, 11) is -3.90. The molecule has 1 aliphatic rings. The van der Waals surface area contributed by atoms with Crippen LogP contribution in [0.3, 0.4) is 0 Å². The summed E-state index contributed by atoms with van der Waals surface area (Å²) in [6.07, 6.45) is 0. The maximum absolute atomic E-state index is 14.0. The van der Waals surface area contributed by atoms with Crippen LogP contribution >= 0.6 is 0 Å². The van der Waals surface area contributed by atoms with Crippen LogP contribution in [0, 0.1) is 5.82 Å². The van der Waals surface area contributed by atoms with Crippen LogP contribution in [-0.4, -0.2) is 56.3 Å². The zero-order chi connectivity index (χ0) is 22.6. The number of hydrogen-bond donors (Lipinski definition) is 1. The Bertz CT molecular complexity index is 1190. The lowest BCUT2D eigenvalue weighted by Crippen LogP contribution is -2.50. The van der Waals surface area contributed by atoms with Gasteiger partial charge in [0.25, 0.3) is 0 Å². The van der Waals surface area contributed by atoms with Gasteiger partial charge in [0.15, 0.2) is 0 Å². The molecule has 4 rings (SSSR count). The number of carbonyl (C=O) groups excluding carboxylic acids is 1. The molecule has 1 fully saturated rings. The second-order valence-electron chi connectivity index (χ2n) is 7.57. The molecule has 6 nitrogen and oxygen atoms in total. The normalized spacial score (nSPS) is 15.4. The smallest absolute Gasteiger partial charge is 0.246 e. The van der Waals surface area contributed by atoms with E-state index in [0.29, 0.717) is 13.1 Å². The van der Waals surface area contributed by atoms with E-state index in [0.717, 1.165) is 22.9 Å². The molecule has 0 aliphatic carbocycles.